The number of nitrogens with zero attached hydrogens (tertiary/aromatic N) is 5. The zero-order valence-electron chi connectivity index (χ0n) is 18.1. The van der Waals surface area contributed by atoms with Gasteiger partial charge in [0.1, 0.15) is 5.69 Å². The van der Waals surface area contributed by atoms with Crippen molar-refractivity contribution in [3.8, 4) is 0 Å². The van der Waals surface area contributed by atoms with Crippen molar-refractivity contribution in [2.45, 2.75) is 6.92 Å². The molecule has 168 valence electrons. The van der Waals surface area contributed by atoms with E-state index in [4.69, 9.17) is 0 Å². The highest BCUT2D eigenvalue weighted by atomic mass is 16.5. The van der Waals surface area contributed by atoms with Crippen LogP contribution < -0.4 is 10.9 Å². The summed E-state index contributed by atoms with van der Waals surface area (Å²) in [5, 5.41) is 16.2. The Hall–Kier alpha value is -4.67. The summed E-state index contributed by atoms with van der Waals surface area (Å²) in [6.45, 7) is 1.74. The first kappa shape index (κ1) is 23.0. The van der Waals surface area contributed by atoms with Gasteiger partial charge in [0, 0.05) is 0 Å². The van der Waals surface area contributed by atoms with Crippen LogP contribution in [0.15, 0.2) is 58.7 Å². The molecule has 0 aliphatic heterocycles. The lowest BCUT2D eigenvalue weighted by molar-refractivity contribution is 0.0592. The van der Waals surface area contributed by atoms with E-state index in [-0.39, 0.29) is 5.95 Å². The summed E-state index contributed by atoms with van der Waals surface area (Å²) in [5.41, 5.74) is 8.49. The zero-order valence-corrected chi connectivity index (χ0v) is 18.1. The van der Waals surface area contributed by atoms with E-state index in [0.29, 0.717) is 22.6 Å². The molecule has 0 spiro atoms. The minimum atomic E-state index is -0.406. The Bertz CT molecular complexity index is 1180. The lowest BCUT2D eigenvalue weighted by atomic mass is 10.1. The quantitative estimate of drug-likeness (QED) is 0.303. The largest absolute Gasteiger partial charge is 0.465 e. The minimum absolute atomic E-state index is 0.170. The van der Waals surface area contributed by atoms with Gasteiger partial charge in [-0.05, 0) is 42.3 Å². The molecule has 33 heavy (non-hydrogen) atoms. The predicted molar refractivity (Wildman–Crippen MR) is 123 cm³/mol. The Morgan fingerprint density at radius 3 is 1.76 bits per heavy atom. The summed E-state index contributed by atoms with van der Waals surface area (Å²) in [5.74, 6) is -0.243. The van der Waals surface area contributed by atoms with Gasteiger partial charge in [0.15, 0.2) is 5.82 Å². The fraction of sp³-hybridized carbons (Fsp3) is 0.136. The fourth-order valence-corrected chi connectivity index (χ4v) is 2.51. The van der Waals surface area contributed by atoms with Gasteiger partial charge in [-0.3, -0.25) is 5.43 Å². The SMILES string of the molecule is COC(=O)c1ccc(C=NNc2nnc(C)c(NN=Cc3ccc(C(=O)OC)cc3)n2)cc1. The van der Waals surface area contributed by atoms with E-state index in [1.54, 1.807) is 67.9 Å². The normalized spacial score (nSPS) is 10.9. The van der Waals surface area contributed by atoms with Crippen LogP contribution in [0.3, 0.4) is 0 Å². The van der Waals surface area contributed by atoms with Crippen LogP contribution in [0, 0.1) is 6.92 Å². The first-order valence-corrected chi connectivity index (χ1v) is 9.66. The van der Waals surface area contributed by atoms with Crippen molar-refractivity contribution in [1.82, 2.24) is 15.2 Å². The van der Waals surface area contributed by atoms with Crippen LogP contribution >= 0.6 is 0 Å². The number of rotatable bonds is 8. The Morgan fingerprint density at radius 2 is 1.27 bits per heavy atom. The average molecular weight is 447 g/mol. The van der Waals surface area contributed by atoms with Crippen molar-refractivity contribution < 1.29 is 19.1 Å². The number of hydrazone groups is 2. The van der Waals surface area contributed by atoms with Gasteiger partial charge in [-0.15, -0.1) is 10.2 Å². The number of esters is 2. The van der Waals surface area contributed by atoms with Crippen LogP contribution in [0.25, 0.3) is 0 Å². The summed E-state index contributed by atoms with van der Waals surface area (Å²) >= 11 is 0. The smallest absolute Gasteiger partial charge is 0.337 e. The van der Waals surface area contributed by atoms with Crippen LogP contribution in [-0.2, 0) is 9.47 Å². The van der Waals surface area contributed by atoms with Gasteiger partial charge < -0.3 is 9.47 Å². The van der Waals surface area contributed by atoms with Gasteiger partial charge in [-0.1, -0.05) is 24.3 Å². The molecule has 0 unspecified atom stereocenters. The highest BCUT2D eigenvalue weighted by Gasteiger charge is 2.06. The fourth-order valence-electron chi connectivity index (χ4n) is 2.51. The number of nitrogens with one attached hydrogen (secondary N) is 2. The lowest BCUT2D eigenvalue weighted by Gasteiger charge is -2.04. The average Bonchev–Trinajstić information content (AvgIpc) is 2.85. The molecule has 0 aliphatic rings. The van der Waals surface area contributed by atoms with Gasteiger partial charge in [0.05, 0.1) is 37.8 Å². The second-order valence-corrected chi connectivity index (χ2v) is 6.54. The Kier molecular flexibility index (Phi) is 7.73. The molecule has 2 aromatic carbocycles. The van der Waals surface area contributed by atoms with Crippen molar-refractivity contribution in [3.05, 3.63) is 76.5 Å². The van der Waals surface area contributed by atoms with E-state index in [1.165, 1.54) is 14.2 Å². The van der Waals surface area contributed by atoms with Crippen molar-refractivity contribution in [2.75, 3.05) is 25.1 Å². The number of hydrogen-bond acceptors (Lipinski definition) is 11. The van der Waals surface area contributed by atoms with Crippen molar-refractivity contribution in [2.24, 2.45) is 10.2 Å². The molecule has 2 N–H and O–H groups in total. The second kappa shape index (κ2) is 11.1. The standard InChI is InChI=1S/C22H21N7O4/c1-14-19(27-23-12-15-4-8-17(9-5-15)20(30)32-2)25-22(29-26-14)28-24-13-16-6-10-18(11-7-16)21(31)33-3/h4-13H,1-3H3,(H2,25,27,28,29). The molecule has 0 atom stereocenters. The topological polar surface area (TPSA) is 140 Å². The number of benzene rings is 2. The third kappa shape index (κ3) is 6.40. The van der Waals surface area contributed by atoms with E-state index in [2.05, 4.69) is 45.7 Å². The number of aryl methyl sites for hydroxylation is 1. The number of hydrogen-bond donors (Lipinski definition) is 2. The maximum atomic E-state index is 11.5. The number of ether oxygens (including phenoxy) is 2. The summed E-state index contributed by atoms with van der Waals surface area (Å²) in [4.78, 5) is 27.2. The molecular formula is C22H21N7O4. The number of aromatic nitrogens is 3. The Labute approximate surface area is 189 Å². The molecule has 0 saturated heterocycles. The molecule has 0 aliphatic carbocycles. The summed E-state index contributed by atoms with van der Waals surface area (Å²) < 4.78 is 9.34. The molecule has 0 bridgehead atoms. The highest BCUT2D eigenvalue weighted by molar-refractivity contribution is 5.91. The minimum Gasteiger partial charge on any atom is -0.465 e. The van der Waals surface area contributed by atoms with Gasteiger partial charge in [-0.2, -0.15) is 15.2 Å². The lowest BCUT2D eigenvalue weighted by Crippen LogP contribution is -2.05. The number of methoxy groups -OCH3 is 2. The van der Waals surface area contributed by atoms with Gasteiger partial charge in [-0.25, -0.2) is 15.0 Å². The van der Waals surface area contributed by atoms with E-state index in [9.17, 15) is 9.59 Å². The van der Waals surface area contributed by atoms with Crippen LogP contribution in [0.1, 0.15) is 37.5 Å². The third-order valence-corrected chi connectivity index (χ3v) is 4.28. The second-order valence-electron chi connectivity index (χ2n) is 6.54. The molecule has 3 aromatic rings. The van der Waals surface area contributed by atoms with Crippen LogP contribution in [0.2, 0.25) is 0 Å². The van der Waals surface area contributed by atoms with Crippen LogP contribution in [0.5, 0.6) is 0 Å². The molecule has 1 heterocycles. The van der Waals surface area contributed by atoms with E-state index < -0.39 is 11.9 Å². The predicted octanol–water partition coefficient (Wildman–Crippen LogP) is 2.65. The number of carbonyl (C=O) groups excluding carboxylic acids is 2. The highest BCUT2D eigenvalue weighted by Crippen LogP contribution is 2.10. The van der Waals surface area contributed by atoms with E-state index in [1.807, 2.05) is 0 Å². The molecule has 11 heteroatoms. The zero-order chi connectivity index (χ0) is 23.6. The van der Waals surface area contributed by atoms with Crippen molar-refractivity contribution in [1.29, 1.82) is 0 Å². The van der Waals surface area contributed by atoms with Crippen molar-refractivity contribution >= 4 is 36.1 Å². The van der Waals surface area contributed by atoms with E-state index in [0.717, 1.165) is 11.1 Å². The van der Waals surface area contributed by atoms with Crippen LogP contribution in [-0.4, -0.2) is 53.8 Å². The molecule has 3 rings (SSSR count). The summed E-state index contributed by atoms with van der Waals surface area (Å²) in [7, 11) is 2.66. The van der Waals surface area contributed by atoms with E-state index >= 15 is 0 Å². The first-order valence-electron chi connectivity index (χ1n) is 9.66. The van der Waals surface area contributed by atoms with Gasteiger partial charge >= 0.3 is 11.9 Å². The van der Waals surface area contributed by atoms with Gasteiger partial charge in [0.2, 0.25) is 0 Å². The molecule has 0 fully saturated rings. The molecule has 0 radical (unpaired) electrons. The monoisotopic (exact) mass is 447 g/mol. The maximum Gasteiger partial charge on any atom is 0.337 e. The van der Waals surface area contributed by atoms with Crippen molar-refractivity contribution in [3.63, 3.8) is 0 Å². The van der Waals surface area contributed by atoms with Crippen LogP contribution in [0.4, 0.5) is 11.8 Å². The Balaban J connectivity index is 1.60. The number of anilines is 2. The Morgan fingerprint density at radius 1 is 0.788 bits per heavy atom. The first-order chi connectivity index (χ1) is 16.0. The molecule has 1 aromatic heterocycles. The maximum absolute atomic E-state index is 11.5. The molecule has 11 nitrogen and oxygen atoms in total. The molecular weight excluding hydrogens is 426 g/mol. The third-order valence-electron chi connectivity index (χ3n) is 4.28. The number of carbonyl (C=O) groups is 2. The summed E-state index contributed by atoms with van der Waals surface area (Å²) in [6, 6.07) is 13.5. The molecule has 0 saturated carbocycles. The summed E-state index contributed by atoms with van der Waals surface area (Å²) in [6.07, 6.45) is 3.12. The molecule has 0 amide bonds. The van der Waals surface area contributed by atoms with Gasteiger partial charge in [0.25, 0.3) is 5.95 Å².